The van der Waals surface area contributed by atoms with Crippen molar-refractivity contribution >= 4 is 17.2 Å². The van der Waals surface area contributed by atoms with Gasteiger partial charge in [-0.1, -0.05) is 37.3 Å². The van der Waals surface area contributed by atoms with Crippen molar-refractivity contribution in [3.8, 4) is 0 Å². The van der Waals surface area contributed by atoms with Crippen LogP contribution in [-0.4, -0.2) is 23.0 Å². The normalized spacial score (nSPS) is 18.2. The van der Waals surface area contributed by atoms with Crippen LogP contribution in [0.5, 0.6) is 0 Å². The monoisotopic (exact) mass is 248 g/mol. The molecule has 1 aromatic rings. The molecule has 1 fully saturated rings. The summed E-state index contributed by atoms with van der Waals surface area (Å²) in [7, 11) is 0. The van der Waals surface area contributed by atoms with E-state index in [1.54, 1.807) is 0 Å². The molecule has 0 aliphatic carbocycles. The van der Waals surface area contributed by atoms with Crippen molar-refractivity contribution < 1.29 is 0 Å². The topological polar surface area (TPSA) is 29.3 Å². The molecule has 2 nitrogen and oxygen atoms in total. The quantitative estimate of drug-likeness (QED) is 0.834. The van der Waals surface area contributed by atoms with Crippen LogP contribution in [0.4, 0.5) is 0 Å². The first-order chi connectivity index (χ1) is 8.15. The zero-order chi connectivity index (χ0) is 12.3. The van der Waals surface area contributed by atoms with E-state index < -0.39 is 0 Å². The van der Waals surface area contributed by atoms with Gasteiger partial charge in [0.25, 0.3) is 0 Å². The Kier molecular flexibility index (Phi) is 4.13. The second kappa shape index (κ2) is 5.61. The molecule has 0 amide bonds. The van der Waals surface area contributed by atoms with Gasteiger partial charge in [-0.3, -0.25) is 4.90 Å². The zero-order valence-corrected chi connectivity index (χ0v) is 11.2. The first-order valence-electron chi connectivity index (χ1n) is 6.26. The molecule has 1 aliphatic rings. The Bertz CT molecular complexity index is 395. The molecular formula is C14H20N2S. The van der Waals surface area contributed by atoms with Gasteiger partial charge in [0, 0.05) is 12.1 Å². The van der Waals surface area contributed by atoms with E-state index in [0.29, 0.717) is 4.99 Å². The summed E-state index contributed by atoms with van der Waals surface area (Å²) >= 11 is 5.01. The summed E-state index contributed by atoms with van der Waals surface area (Å²) in [5.41, 5.74) is 7.94. The number of nitrogens with zero attached hydrogens (tertiary/aromatic N) is 1. The molecule has 0 atom stereocenters. The van der Waals surface area contributed by atoms with Crippen molar-refractivity contribution in [3.05, 3.63) is 35.4 Å². The number of rotatable bonds is 3. The van der Waals surface area contributed by atoms with E-state index in [0.717, 1.165) is 18.0 Å². The lowest BCUT2D eigenvalue weighted by Crippen LogP contribution is -2.32. The molecule has 1 aliphatic heterocycles. The van der Waals surface area contributed by atoms with Crippen molar-refractivity contribution in [1.82, 2.24) is 4.90 Å². The first-order valence-corrected chi connectivity index (χ1v) is 6.67. The average molecular weight is 248 g/mol. The number of hydrogen-bond donors (Lipinski definition) is 1. The molecule has 0 bridgehead atoms. The minimum Gasteiger partial charge on any atom is -0.389 e. The number of hydrogen-bond acceptors (Lipinski definition) is 2. The lowest BCUT2D eigenvalue weighted by molar-refractivity contribution is 0.185. The number of likely N-dealkylation sites (tertiary alicyclic amines) is 1. The zero-order valence-electron chi connectivity index (χ0n) is 10.4. The average Bonchev–Trinajstić information content (AvgIpc) is 2.32. The third kappa shape index (κ3) is 3.51. The van der Waals surface area contributed by atoms with Crippen LogP contribution in [0, 0.1) is 5.92 Å². The summed E-state index contributed by atoms with van der Waals surface area (Å²) in [5, 5.41) is 0. The lowest BCUT2D eigenvalue weighted by atomic mass is 9.98. The van der Waals surface area contributed by atoms with E-state index in [1.807, 2.05) is 12.1 Å². The fraction of sp³-hybridized carbons (Fsp3) is 0.500. The summed E-state index contributed by atoms with van der Waals surface area (Å²) in [6.45, 7) is 5.77. The smallest absolute Gasteiger partial charge is 0.103 e. The van der Waals surface area contributed by atoms with Crippen molar-refractivity contribution in [2.24, 2.45) is 11.7 Å². The highest BCUT2D eigenvalue weighted by Crippen LogP contribution is 2.18. The van der Waals surface area contributed by atoms with Gasteiger partial charge in [0.1, 0.15) is 4.99 Å². The molecule has 0 unspecified atom stereocenters. The summed E-state index contributed by atoms with van der Waals surface area (Å²) in [5.74, 6) is 0.884. The van der Waals surface area contributed by atoms with Crippen LogP contribution >= 0.6 is 12.2 Å². The van der Waals surface area contributed by atoms with E-state index in [4.69, 9.17) is 18.0 Å². The van der Waals surface area contributed by atoms with E-state index in [2.05, 4.69) is 24.0 Å². The Morgan fingerprint density at radius 1 is 1.41 bits per heavy atom. The standard InChI is InChI=1S/C14H20N2S/c1-11-5-7-16(8-6-11)10-12-3-2-4-13(9-12)14(15)17/h2-4,9,11H,5-8,10H2,1H3,(H2,15,17). The van der Waals surface area contributed by atoms with Gasteiger partial charge in [-0.2, -0.15) is 0 Å². The molecule has 2 N–H and O–H groups in total. The van der Waals surface area contributed by atoms with Gasteiger partial charge in [0.2, 0.25) is 0 Å². The number of thiocarbonyl (C=S) groups is 1. The summed E-state index contributed by atoms with van der Waals surface area (Å²) < 4.78 is 0. The Morgan fingerprint density at radius 2 is 2.12 bits per heavy atom. The van der Waals surface area contributed by atoms with E-state index in [1.165, 1.54) is 31.5 Å². The maximum atomic E-state index is 5.65. The Labute approximate surface area is 109 Å². The van der Waals surface area contributed by atoms with Gasteiger partial charge < -0.3 is 5.73 Å². The fourth-order valence-electron chi connectivity index (χ4n) is 2.30. The Morgan fingerprint density at radius 3 is 2.76 bits per heavy atom. The van der Waals surface area contributed by atoms with Crippen molar-refractivity contribution in [3.63, 3.8) is 0 Å². The highest BCUT2D eigenvalue weighted by molar-refractivity contribution is 7.80. The molecule has 92 valence electrons. The number of benzene rings is 1. The Balaban J connectivity index is 1.98. The van der Waals surface area contributed by atoms with Crippen LogP contribution in [0.3, 0.4) is 0 Å². The van der Waals surface area contributed by atoms with Crippen molar-refractivity contribution in [2.75, 3.05) is 13.1 Å². The molecule has 0 saturated carbocycles. The van der Waals surface area contributed by atoms with E-state index in [9.17, 15) is 0 Å². The largest absolute Gasteiger partial charge is 0.389 e. The molecule has 0 spiro atoms. The maximum Gasteiger partial charge on any atom is 0.103 e. The molecule has 1 saturated heterocycles. The minimum absolute atomic E-state index is 0.485. The Hall–Kier alpha value is -0.930. The van der Waals surface area contributed by atoms with Crippen LogP contribution in [0.25, 0.3) is 0 Å². The molecule has 0 aromatic heterocycles. The van der Waals surface area contributed by atoms with Crippen LogP contribution in [0.15, 0.2) is 24.3 Å². The van der Waals surface area contributed by atoms with Gasteiger partial charge in [-0.15, -0.1) is 0 Å². The van der Waals surface area contributed by atoms with Gasteiger partial charge in [-0.05, 0) is 43.5 Å². The van der Waals surface area contributed by atoms with Gasteiger partial charge in [-0.25, -0.2) is 0 Å². The second-order valence-corrected chi connectivity index (χ2v) is 5.46. The van der Waals surface area contributed by atoms with Crippen molar-refractivity contribution in [1.29, 1.82) is 0 Å². The SMILES string of the molecule is CC1CCN(Cc2cccc(C(N)=S)c2)CC1. The lowest BCUT2D eigenvalue weighted by Gasteiger charge is -2.30. The van der Waals surface area contributed by atoms with Crippen molar-refractivity contribution in [2.45, 2.75) is 26.3 Å². The first kappa shape index (κ1) is 12.5. The van der Waals surface area contributed by atoms with Gasteiger partial charge in [0.15, 0.2) is 0 Å². The summed E-state index contributed by atoms with van der Waals surface area (Å²) in [4.78, 5) is 3.00. The van der Waals surface area contributed by atoms with E-state index >= 15 is 0 Å². The molecule has 17 heavy (non-hydrogen) atoms. The van der Waals surface area contributed by atoms with Crippen LogP contribution in [0.1, 0.15) is 30.9 Å². The molecule has 1 aromatic carbocycles. The highest BCUT2D eigenvalue weighted by Gasteiger charge is 2.15. The molecule has 1 heterocycles. The maximum absolute atomic E-state index is 5.65. The van der Waals surface area contributed by atoms with Crippen LogP contribution in [0.2, 0.25) is 0 Å². The third-order valence-corrected chi connectivity index (χ3v) is 3.73. The predicted molar refractivity (Wildman–Crippen MR) is 76.0 cm³/mol. The number of piperidine rings is 1. The van der Waals surface area contributed by atoms with Gasteiger partial charge >= 0.3 is 0 Å². The summed E-state index contributed by atoms with van der Waals surface area (Å²) in [6, 6.07) is 8.28. The van der Waals surface area contributed by atoms with Crippen LogP contribution < -0.4 is 5.73 Å². The molecule has 2 rings (SSSR count). The number of nitrogens with two attached hydrogens (primary N) is 1. The predicted octanol–water partition coefficient (Wildman–Crippen LogP) is 2.55. The molecule has 3 heteroatoms. The summed E-state index contributed by atoms with van der Waals surface area (Å²) in [6.07, 6.45) is 2.63. The second-order valence-electron chi connectivity index (χ2n) is 5.02. The fourth-order valence-corrected chi connectivity index (χ4v) is 2.43. The molecular weight excluding hydrogens is 228 g/mol. The van der Waals surface area contributed by atoms with Crippen LogP contribution in [-0.2, 0) is 6.54 Å². The molecule has 0 radical (unpaired) electrons. The minimum atomic E-state index is 0.485. The third-order valence-electron chi connectivity index (χ3n) is 3.49. The van der Waals surface area contributed by atoms with Gasteiger partial charge in [0.05, 0.1) is 0 Å². The highest BCUT2D eigenvalue weighted by atomic mass is 32.1. The van der Waals surface area contributed by atoms with E-state index in [-0.39, 0.29) is 0 Å².